The Kier molecular flexibility index (Phi) is 4.42. The standard InChI is InChI=1S/C17H21N3O2/c1-13-12-16(19-22-13)17(21)18-14-6-8-15(9-7-14)20-10-4-2-3-5-11-20/h6-9,12H,2-5,10-11H2,1H3,(H,18,21). The second kappa shape index (κ2) is 6.64. The number of carbonyl (C=O) groups is 1. The molecule has 1 aliphatic rings. The minimum atomic E-state index is -0.251. The number of aryl methyl sites for hydroxylation is 1. The summed E-state index contributed by atoms with van der Waals surface area (Å²) >= 11 is 0. The minimum Gasteiger partial charge on any atom is -0.372 e. The van der Waals surface area contributed by atoms with Crippen molar-refractivity contribution in [2.24, 2.45) is 0 Å². The van der Waals surface area contributed by atoms with Gasteiger partial charge in [-0.05, 0) is 44.0 Å². The summed E-state index contributed by atoms with van der Waals surface area (Å²) < 4.78 is 4.92. The predicted molar refractivity (Wildman–Crippen MR) is 86.3 cm³/mol. The Labute approximate surface area is 130 Å². The number of rotatable bonds is 3. The molecule has 0 spiro atoms. The molecule has 1 aromatic heterocycles. The summed E-state index contributed by atoms with van der Waals surface area (Å²) in [5.41, 5.74) is 2.29. The van der Waals surface area contributed by atoms with Crippen molar-refractivity contribution in [3.8, 4) is 0 Å². The predicted octanol–water partition coefficient (Wildman–Crippen LogP) is 3.62. The van der Waals surface area contributed by atoms with Crippen LogP contribution >= 0.6 is 0 Å². The molecule has 1 aromatic carbocycles. The number of aromatic nitrogens is 1. The molecule has 0 aliphatic carbocycles. The average Bonchev–Trinajstić information content (AvgIpc) is 2.80. The highest BCUT2D eigenvalue weighted by Gasteiger charge is 2.12. The normalized spacial score (nSPS) is 15.4. The summed E-state index contributed by atoms with van der Waals surface area (Å²) in [7, 11) is 0. The van der Waals surface area contributed by atoms with E-state index < -0.39 is 0 Å². The van der Waals surface area contributed by atoms with E-state index in [1.807, 2.05) is 12.1 Å². The highest BCUT2D eigenvalue weighted by molar-refractivity contribution is 6.02. The van der Waals surface area contributed by atoms with E-state index in [1.54, 1.807) is 13.0 Å². The molecule has 1 amide bonds. The lowest BCUT2D eigenvalue weighted by molar-refractivity contribution is 0.101. The van der Waals surface area contributed by atoms with Crippen LogP contribution in [0.3, 0.4) is 0 Å². The summed E-state index contributed by atoms with van der Waals surface area (Å²) in [6.07, 6.45) is 5.15. The van der Waals surface area contributed by atoms with E-state index in [0.29, 0.717) is 11.5 Å². The molecule has 2 aromatic rings. The number of amides is 1. The second-order valence-electron chi connectivity index (χ2n) is 5.73. The van der Waals surface area contributed by atoms with Crippen LogP contribution in [0.5, 0.6) is 0 Å². The molecule has 1 aliphatic heterocycles. The fraction of sp³-hybridized carbons (Fsp3) is 0.412. The highest BCUT2D eigenvalue weighted by Crippen LogP contribution is 2.21. The first-order valence-corrected chi connectivity index (χ1v) is 7.82. The van der Waals surface area contributed by atoms with Crippen LogP contribution < -0.4 is 10.2 Å². The first-order chi connectivity index (χ1) is 10.7. The number of nitrogens with zero attached hydrogens (tertiary/aromatic N) is 2. The van der Waals surface area contributed by atoms with Crippen molar-refractivity contribution >= 4 is 17.3 Å². The number of benzene rings is 1. The molecule has 2 heterocycles. The van der Waals surface area contributed by atoms with Gasteiger partial charge in [0.15, 0.2) is 5.69 Å². The molecule has 5 nitrogen and oxygen atoms in total. The van der Waals surface area contributed by atoms with Crippen molar-refractivity contribution < 1.29 is 9.32 Å². The topological polar surface area (TPSA) is 58.4 Å². The molecule has 3 rings (SSSR count). The third kappa shape index (κ3) is 3.47. The van der Waals surface area contributed by atoms with E-state index in [2.05, 4.69) is 27.5 Å². The molecule has 1 N–H and O–H groups in total. The van der Waals surface area contributed by atoms with Gasteiger partial charge in [-0.15, -0.1) is 0 Å². The van der Waals surface area contributed by atoms with Gasteiger partial charge in [0.05, 0.1) is 0 Å². The third-order valence-corrected chi connectivity index (χ3v) is 3.96. The average molecular weight is 299 g/mol. The summed E-state index contributed by atoms with van der Waals surface area (Å²) in [5.74, 6) is 0.376. The van der Waals surface area contributed by atoms with E-state index in [4.69, 9.17) is 4.52 Å². The van der Waals surface area contributed by atoms with E-state index in [9.17, 15) is 4.79 Å². The van der Waals surface area contributed by atoms with Gasteiger partial charge < -0.3 is 14.7 Å². The fourth-order valence-electron chi connectivity index (χ4n) is 2.75. The summed E-state index contributed by atoms with van der Waals surface area (Å²) in [5, 5.41) is 6.55. The van der Waals surface area contributed by atoms with E-state index in [-0.39, 0.29) is 5.91 Å². The zero-order valence-corrected chi connectivity index (χ0v) is 12.8. The van der Waals surface area contributed by atoms with Crippen LogP contribution in [0.15, 0.2) is 34.9 Å². The first kappa shape index (κ1) is 14.6. The van der Waals surface area contributed by atoms with E-state index in [0.717, 1.165) is 18.8 Å². The van der Waals surface area contributed by atoms with E-state index in [1.165, 1.54) is 31.4 Å². The Morgan fingerprint density at radius 3 is 2.41 bits per heavy atom. The molecule has 0 atom stereocenters. The van der Waals surface area contributed by atoms with Crippen LogP contribution in [-0.2, 0) is 0 Å². The van der Waals surface area contributed by atoms with Crippen molar-refractivity contribution in [1.82, 2.24) is 5.16 Å². The van der Waals surface area contributed by atoms with E-state index >= 15 is 0 Å². The van der Waals surface area contributed by atoms with Gasteiger partial charge in [0.25, 0.3) is 5.91 Å². The van der Waals surface area contributed by atoms with Crippen LogP contribution in [0.1, 0.15) is 41.9 Å². The molecule has 0 saturated carbocycles. The fourth-order valence-corrected chi connectivity index (χ4v) is 2.75. The first-order valence-electron chi connectivity index (χ1n) is 7.82. The largest absolute Gasteiger partial charge is 0.372 e. The zero-order chi connectivity index (χ0) is 15.4. The number of carbonyl (C=O) groups excluding carboxylic acids is 1. The molecule has 5 heteroatoms. The van der Waals surface area contributed by atoms with Crippen LogP contribution in [-0.4, -0.2) is 24.2 Å². The molecule has 116 valence electrons. The lowest BCUT2D eigenvalue weighted by Gasteiger charge is -2.22. The monoisotopic (exact) mass is 299 g/mol. The van der Waals surface area contributed by atoms with Gasteiger partial charge in [-0.25, -0.2) is 0 Å². The highest BCUT2D eigenvalue weighted by atomic mass is 16.5. The Morgan fingerprint density at radius 1 is 1.14 bits per heavy atom. The van der Waals surface area contributed by atoms with Crippen molar-refractivity contribution in [2.75, 3.05) is 23.3 Å². The van der Waals surface area contributed by atoms with Gasteiger partial charge in [0.2, 0.25) is 0 Å². The Morgan fingerprint density at radius 2 is 1.82 bits per heavy atom. The van der Waals surface area contributed by atoms with Crippen molar-refractivity contribution in [3.63, 3.8) is 0 Å². The number of hydrogen-bond acceptors (Lipinski definition) is 4. The molecule has 0 bridgehead atoms. The number of hydrogen-bond donors (Lipinski definition) is 1. The molecular formula is C17H21N3O2. The third-order valence-electron chi connectivity index (χ3n) is 3.96. The van der Waals surface area contributed by atoms with Gasteiger partial charge in [0.1, 0.15) is 5.76 Å². The summed E-state index contributed by atoms with van der Waals surface area (Å²) in [6.45, 7) is 3.99. The van der Waals surface area contributed by atoms with Gasteiger partial charge in [-0.3, -0.25) is 4.79 Å². The molecule has 0 unspecified atom stereocenters. The lowest BCUT2D eigenvalue weighted by atomic mass is 10.2. The smallest absolute Gasteiger partial charge is 0.277 e. The van der Waals surface area contributed by atoms with Gasteiger partial charge >= 0.3 is 0 Å². The van der Waals surface area contributed by atoms with Crippen LogP contribution in [0.2, 0.25) is 0 Å². The van der Waals surface area contributed by atoms with Crippen LogP contribution in [0, 0.1) is 6.92 Å². The number of anilines is 2. The second-order valence-corrected chi connectivity index (χ2v) is 5.73. The lowest BCUT2D eigenvalue weighted by Crippen LogP contribution is -2.23. The summed E-state index contributed by atoms with van der Waals surface area (Å²) in [4.78, 5) is 14.4. The Balaban J connectivity index is 1.64. The molecular weight excluding hydrogens is 278 g/mol. The SMILES string of the molecule is Cc1cc(C(=O)Nc2ccc(N3CCCCCC3)cc2)no1. The minimum absolute atomic E-state index is 0.251. The van der Waals surface area contributed by atoms with Gasteiger partial charge in [0, 0.05) is 30.5 Å². The zero-order valence-electron chi connectivity index (χ0n) is 12.8. The van der Waals surface area contributed by atoms with Crippen LogP contribution in [0.4, 0.5) is 11.4 Å². The van der Waals surface area contributed by atoms with Crippen molar-refractivity contribution in [3.05, 3.63) is 41.8 Å². The summed E-state index contributed by atoms with van der Waals surface area (Å²) in [6, 6.07) is 9.63. The Bertz CT molecular complexity index is 626. The van der Waals surface area contributed by atoms with Crippen LogP contribution in [0.25, 0.3) is 0 Å². The maximum Gasteiger partial charge on any atom is 0.277 e. The maximum absolute atomic E-state index is 12.0. The maximum atomic E-state index is 12.0. The van der Waals surface area contributed by atoms with Gasteiger partial charge in [-0.1, -0.05) is 18.0 Å². The molecule has 0 radical (unpaired) electrons. The number of nitrogens with one attached hydrogen (secondary N) is 1. The van der Waals surface area contributed by atoms with Crippen molar-refractivity contribution in [1.29, 1.82) is 0 Å². The quantitative estimate of drug-likeness (QED) is 0.940. The molecule has 1 saturated heterocycles. The Hall–Kier alpha value is -2.30. The molecule has 22 heavy (non-hydrogen) atoms. The van der Waals surface area contributed by atoms with Gasteiger partial charge in [-0.2, -0.15) is 0 Å². The molecule has 1 fully saturated rings. The van der Waals surface area contributed by atoms with Crippen molar-refractivity contribution in [2.45, 2.75) is 32.6 Å².